The maximum atomic E-state index is 12.7. The lowest BCUT2D eigenvalue weighted by Crippen LogP contribution is -2.30. The van der Waals surface area contributed by atoms with E-state index in [1.165, 1.54) is 0 Å². The van der Waals surface area contributed by atoms with Gasteiger partial charge in [0, 0.05) is 11.4 Å². The first-order valence-corrected chi connectivity index (χ1v) is 13.5. The first-order valence-electron chi connectivity index (χ1n) is 13.5. The van der Waals surface area contributed by atoms with Gasteiger partial charge in [-0.05, 0) is 124 Å². The second-order valence-electron chi connectivity index (χ2n) is 10.2. The lowest BCUT2D eigenvalue weighted by molar-refractivity contribution is -0.122. The molecule has 0 heterocycles. The van der Waals surface area contributed by atoms with Crippen molar-refractivity contribution in [2.45, 2.75) is 53.8 Å². The van der Waals surface area contributed by atoms with Gasteiger partial charge in [0.25, 0.3) is 11.8 Å². The number of anilines is 2. The lowest BCUT2D eigenvalue weighted by atomic mass is 10.1. The van der Waals surface area contributed by atoms with Crippen LogP contribution in [0.4, 0.5) is 11.4 Å². The molecule has 4 aromatic carbocycles. The van der Waals surface area contributed by atoms with Crippen LogP contribution in [-0.2, 0) is 9.59 Å². The Balaban J connectivity index is 1.27. The average molecular weight is 553 g/mol. The molecule has 0 spiro atoms. The van der Waals surface area contributed by atoms with E-state index in [2.05, 4.69) is 10.6 Å². The van der Waals surface area contributed by atoms with Gasteiger partial charge in [-0.25, -0.2) is 0 Å². The molecule has 0 aromatic heterocycles. The molecule has 4 aromatic rings. The van der Waals surface area contributed by atoms with Crippen molar-refractivity contribution in [3.63, 3.8) is 0 Å². The number of hydrogen-bond donors (Lipinski definition) is 2. The fraction of sp³-hybridized carbons (Fsp3) is 0.235. The molecule has 0 bridgehead atoms. The van der Waals surface area contributed by atoms with E-state index in [-0.39, 0.29) is 11.8 Å². The van der Waals surface area contributed by atoms with Crippen LogP contribution in [0.1, 0.15) is 36.1 Å². The van der Waals surface area contributed by atoms with Crippen LogP contribution in [-0.4, -0.2) is 24.0 Å². The Bertz CT molecular complexity index is 1400. The number of hydrogen-bond acceptors (Lipinski definition) is 5. The van der Waals surface area contributed by atoms with Crippen molar-refractivity contribution < 1.29 is 23.8 Å². The molecule has 0 aliphatic heterocycles. The minimum Gasteiger partial charge on any atom is -0.481 e. The van der Waals surface area contributed by atoms with Crippen molar-refractivity contribution in [3.05, 3.63) is 107 Å². The number of nitrogens with one attached hydrogen (secondary N) is 2. The molecule has 7 nitrogen and oxygen atoms in total. The summed E-state index contributed by atoms with van der Waals surface area (Å²) in [6, 6.07) is 26.0. The minimum atomic E-state index is -0.661. The van der Waals surface area contributed by atoms with Gasteiger partial charge in [-0.15, -0.1) is 0 Å². The summed E-state index contributed by atoms with van der Waals surface area (Å²) in [6.07, 6.45) is -1.32. The highest BCUT2D eigenvalue weighted by Crippen LogP contribution is 2.26. The van der Waals surface area contributed by atoms with Gasteiger partial charge in [-0.3, -0.25) is 9.59 Å². The second-order valence-corrected chi connectivity index (χ2v) is 10.2. The zero-order valence-electron chi connectivity index (χ0n) is 24.3. The Morgan fingerprint density at radius 3 is 1.29 bits per heavy atom. The number of carbonyl (C=O) groups excluding carboxylic acids is 2. The Labute approximate surface area is 241 Å². The van der Waals surface area contributed by atoms with Crippen LogP contribution in [0, 0.1) is 27.7 Å². The van der Waals surface area contributed by atoms with Gasteiger partial charge in [0.1, 0.15) is 23.0 Å². The quantitative estimate of drug-likeness (QED) is 0.212. The summed E-state index contributed by atoms with van der Waals surface area (Å²) in [6.45, 7) is 11.3. The molecule has 0 aliphatic rings. The molecule has 0 saturated carbocycles. The monoisotopic (exact) mass is 552 g/mol. The van der Waals surface area contributed by atoms with E-state index in [1.54, 1.807) is 62.4 Å². The summed E-state index contributed by atoms with van der Waals surface area (Å²) in [5.41, 5.74) is 5.36. The van der Waals surface area contributed by atoms with E-state index >= 15 is 0 Å². The summed E-state index contributed by atoms with van der Waals surface area (Å²) in [7, 11) is 0. The molecule has 7 heteroatoms. The van der Waals surface area contributed by atoms with Crippen LogP contribution < -0.4 is 24.8 Å². The average Bonchev–Trinajstić information content (AvgIpc) is 2.94. The molecule has 0 saturated heterocycles. The Morgan fingerprint density at radius 1 is 0.561 bits per heavy atom. The van der Waals surface area contributed by atoms with Crippen molar-refractivity contribution in [1.29, 1.82) is 0 Å². The van der Waals surface area contributed by atoms with Gasteiger partial charge >= 0.3 is 0 Å². The predicted molar refractivity (Wildman–Crippen MR) is 162 cm³/mol. The zero-order valence-corrected chi connectivity index (χ0v) is 24.3. The van der Waals surface area contributed by atoms with Gasteiger partial charge < -0.3 is 24.8 Å². The van der Waals surface area contributed by atoms with Gasteiger partial charge in [0.15, 0.2) is 12.2 Å². The fourth-order valence-electron chi connectivity index (χ4n) is 3.99. The van der Waals surface area contributed by atoms with E-state index in [1.807, 2.05) is 64.1 Å². The molecular weight excluding hydrogens is 516 g/mol. The molecule has 41 heavy (non-hydrogen) atoms. The van der Waals surface area contributed by atoms with Crippen LogP contribution in [0.3, 0.4) is 0 Å². The SMILES string of the molecule is Cc1ccc(C)c(OC(C)C(=O)Nc2ccc(Oc3ccc(NC(=O)C(C)Oc4cc(C)ccc4C)cc3)cc2)c1. The standard InChI is InChI=1S/C34H36N2O5/c1-21-7-9-23(3)31(19-21)39-25(5)33(37)35-27-11-15-29(16-12-27)41-30-17-13-28(14-18-30)36-34(38)26(6)40-32-20-22(2)8-10-24(32)4/h7-20,25-26H,1-6H3,(H,35,37)(H,36,38). The van der Waals surface area contributed by atoms with Gasteiger partial charge in [-0.2, -0.15) is 0 Å². The Hall–Kier alpha value is -4.78. The van der Waals surface area contributed by atoms with Gasteiger partial charge in [-0.1, -0.05) is 24.3 Å². The first-order chi connectivity index (χ1) is 19.6. The topological polar surface area (TPSA) is 85.9 Å². The molecule has 0 radical (unpaired) electrons. The lowest BCUT2D eigenvalue weighted by Gasteiger charge is -2.17. The maximum absolute atomic E-state index is 12.7. The molecular formula is C34H36N2O5. The van der Waals surface area contributed by atoms with Crippen LogP contribution in [0.5, 0.6) is 23.0 Å². The zero-order chi connectivity index (χ0) is 29.5. The largest absolute Gasteiger partial charge is 0.481 e. The van der Waals surface area contributed by atoms with E-state index < -0.39 is 12.2 Å². The van der Waals surface area contributed by atoms with Gasteiger partial charge in [0.2, 0.25) is 0 Å². The number of benzene rings is 4. The maximum Gasteiger partial charge on any atom is 0.265 e. The summed E-state index contributed by atoms with van der Waals surface area (Å²) in [4.78, 5) is 25.3. The van der Waals surface area contributed by atoms with Crippen LogP contribution >= 0.6 is 0 Å². The van der Waals surface area contributed by atoms with Crippen molar-refractivity contribution >= 4 is 23.2 Å². The number of amides is 2. The fourth-order valence-corrected chi connectivity index (χ4v) is 3.99. The first kappa shape index (κ1) is 29.2. The third-order valence-corrected chi connectivity index (χ3v) is 6.51. The normalized spacial score (nSPS) is 12.1. The van der Waals surface area contributed by atoms with E-state index in [9.17, 15) is 9.59 Å². The molecule has 0 fully saturated rings. The summed E-state index contributed by atoms with van der Waals surface area (Å²) in [5, 5.41) is 5.75. The Morgan fingerprint density at radius 2 is 0.927 bits per heavy atom. The van der Waals surface area contributed by atoms with Crippen molar-refractivity contribution in [2.24, 2.45) is 0 Å². The number of carbonyl (C=O) groups is 2. The summed E-state index contributed by atoms with van der Waals surface area (Å²) in [5.74, 6) is 2.12. The molecule has 0 aliphatic carbocycles. The number of rotatable bonds is 10. The van der Waals surface area contributed by atoms with E-state index in [0.717, 1.165) is 22.3 Å². The molecule has 2 amide bonds. The van der Waals surface area contributed by atoms with Crippen LogP contribution in [0.2, 0.25) is 0 Å². The highest BCUT2D eigenvalue weighted by molar-refractivity contribution is 5.94. The summed E-state index contributed by atoms with van der Waals surface area (Å²) < 4.78 is 17.7. The predicted octanol–water partition coefficient (Wildman–Crippen LogP) is 7.52. The third kappa shape index (κ3) is 8.11. The molecule has 212 valence electrons. The van der Waals surface area contributed by atoms with E-state index in [0.29, 0.717) is 34.4 Å². The molecule has 2 unspecified atom stereocenters. The third-order valence-electron chi connectivity index (χ3n) is 6.51. The van der Waals surface area contributed by atoms with Crippen molar-refractivity contribution in [2.75, 3.05) is 10.6 Å². The minimum absolute atomic E-state index is 0.244. The molecule has 2 N–H and O–H groups in total. The highest BCUT2D eigenvalue weighted by atomic mass is 16.5. The number of ether oxygens (including phenoxy) is 3. The number of aryl methyl sites for hydroxylation is 4. The summed E-state index contributed by atoms with van der Waals surface area (Å²) >= 11 is 0. The smallest absolute Gasteiger partial charge is 0.265 e. The second kappa shape index (κ2) is 13.0. The highest BCUT2D eigenvalue weighted by Gasteiger charge is 2.17. The van der Waals surface area contributed by atoms with Crippen molar-refractivity contribution in [3.8, 4) is 23.0 Å². The van der Waals surface area contributed by atoms with Gasteiger partial charge in [0.05, 0.1) is 0 Å². The molecule has 2 atom stereocenters. The van der Waals surface area contributed by atoms with E-state index in [4.69, 9.17) is 14.2 Å². The molecule has 4 rings (SSSR count). The van der Waals surface area contributed by atoms with Crippen LogP contribution in [0.25, 0.3) is 0 Å². The van der Waals surface area contributed by atoms with Crippen molar-refractivity contribution in [1.82, 2.24) is 0 Å². The Kier molecular flexibility index (Phi) is 9.30. The van der Waals surface area contributed by atoms with Crippen LogP contribution in [0.15, 0.2) is 84.9 Å².